The van der Waals surface area contributed by atoms with Crippen molar-refractivity contribution in [3.8, 4) is 0 Å². The van der Waals surface area contributed by atoms with Crippen LogP contribution in [0.4, 0.5) is 0 Å². The monoisotopic (exact) mass is 318 g/mol. The number of aromatic nitrogens is 1. The lowest BCUT2D eigenvalue weighted by Crippen LogP contribution is -2.54. The highest BCUT2D eigenvalue weighted by Gasteiger charge is 2.36. The zero-order valence-electron chi connectivity index (χ0n) is 12.3. The molecule has 0 spiro atoms. The van der Waals surface area contributed by atoms with E-state index in [2.05, 4.69) is 15.6 Å². The number of dihydropyridines is 1. The van der Waals surface area contributed by atoms with E-state index in [1.54, 1.807) is 18.4 Å². The Kier molecular flexibility index (Phi) is 3.74. The van der Waals surface area contributed by atoms with Crippen LogP contribution in [-0.2, 0) is 15.3 Å². The molecule has 6 nitrogen and oxygen atoms in total. The lowest BCUT2D eigenvalue weighted by atomic mass is 9.83. The minimum Gasteiger partial charge on any atom is -0.366 e. The summed E-state index contributed by atoms with van der Waals surface area (Å²) in [4.78, 5) is 27.8. The summed E-state index contributed by atoms with van der Waals surface area (Å²) in [5.41, 5.74) is 5.75. The number of hydrogen-bond donors (Lipinski definition) is 3. The van der Waals surface area contributed by atoms with Crippen molar-refractivity contribution in [2.75, 3.05) is 0 Å². The third kappa shape index (κ3) is 2.64. The van der Waals surface area contributed by atoms with Crippen LogP contribution in [0, 0.1) is 0 Å². The van der Waals surface area contributed by atoms with Gasteiger partial charge in [0.2, 0.25) is 11.8 Å². The van der Waals surface area contributed by atoms with Crippen LogP contribution in [0.2, 0.25) is 0 Å². The number of nitrogens with zero attached hydrogens (tertiary/aromatic N) is 1. The zero-order valence-corrected chi connectivity index (χ0v) is 13.1. The van der Waals surface area contributed by atoms with E-state index < -0.39 is 11.6 Å². The van der Waals surface area contributed by atoms with Gasteiger partial charge in [-0.25, -0.2) is 4.98 Å². The molecule has 0 bridgehead atoms. The third-order valence-corrected chi connectivity index (χ3v) is 4.98. The van der Waals surface area contributed by atoms with Gasteiger partial charge >= 0.3 is 0 Å². The van der Waals surface area contributed by atoms with Gasteiger partial charge in [0, 0.05) is 23.8 Å². The van der Waals surface area contributed by atoms with Crippen molar-refractivity contribution < 1.29 is 9.59 Å². The fourth-order valence-electron chi connectivity index (χ4n) is 2.62. The van der Waals surface area contributed by atoms with E-state index in [-0.39, 0.29) is 5.91 Å². The van der Waals surface area contributed by atoms with Gasteiger partial charge in [0.05, 0.1) is 5.69 Å². The molecule has 1 aliphatic carbocycles. The van der Waals surface area contributed by atoms with Crippen LogP contribution in [0.15, 0.2) is 29.3 Å². The summed E-state index contributed by atoms with van der Waals surface area (Å²) in [6.45, 7) is 1.43. The highest BCUT2D eigenvalue weighted by Crippen LogP contribution is 2.38. The van der Waals surface area contributed by atoms with E-state index in [0.717, 1.165) is 18.5 Å². The summed E-state index contributed by atoms with van der Waals surface area (Å²) in [7, 11) is 0. The molecule has 1 aliphatic heterocycles. The number of thiazole rings is 1. The molecule has 2 aliphatic rings. The molecule has 1 aromatic heterocycles. The number of rotatable bonds is 4. The molecule has 0 radical (unpaired) electrons. The first kappa shape index (κ1) is 14.8. The molecule has 0 aromatic carbocycles. The van der Waals surface area contributed by atoms with Crippen LogP contribution in [0.5, 0.6) is 0 Å². The molecule has 3 rings (SSSR count). The van der Waals surface area contributed by atoms with Gasteiger partial charge in [-0.2, -0.15) is 0 Å². The molecule has 22 heavy (non-hydrogen) atoms. The largest absolute Gasteiger partial charge is 0.366 e. The Hall–Kier alpha value is -2.15. The number of primary amides is 1. The SMILES string of the molecule is CC(=O)NC1(c2nc(C3CCC3)cs2)C=C(C(N)=O)C=CN1. The molecule has 1 unspecified atom stereocenters. The average molecular weight is 318 g/mol. The Labute approximate surface area is 132 Å². The summed E-state index contributed by atoms with van der Waals surface area (Å²) in [5.74, 6) is -0.246. The molecular formula is C15H18N4O2S. The number of hydrogen-bond acceptors (Lipinski definition) is 5. The van der Waals surface area contributed by atoms with E-state index in [1.807, 2.05) is 5.38 Å². The van der Waals surface area contributed by atoms with Gasteiger partial charge in [-0.15, -0.1) is 11.3 Å². The second kappa shape index (κ2) is 5.57. The highest BCUT2D eigenvalue weighted by molar-refractivity contribution is 7.09. The van der Waals surface area contributed by atoms with E-state index in [1.165, 1.54) is 24.7 Å². The lowest BCUT2D eigenvalue weighted by molar-refractivity contribution is -0.121. The summed E-state index contributed by atoms with van der Waals surface area (Å²) in [5, 5.41) is 8.68. The minimum absolute atomic E-state index is 0.219. The van der Waals surface area contributed by atoms with E-state index in [0.29, 0.717) is 16.5 Å². The van der Waals surface area contributed by atoms with Gasteiger partial charge in [-0.1, -0.05) is 6.42 Å². The summed E-state index contributed by atoms with van der Waals surface area (Å²) < 4.78 is 0. The fourth-order valence-corrected chi connectivity index (χ4v) is 3.62. The highest BCUT2D eigenvalue weighted by atomic mass is 32.1. The maximum absolute atomic E-state index is 11.6. The van der Waals surface area contributed by atoms with Gasteiger partial charge in [-0.3, -0.25) is 9.59 Å². The molecule has 1 atom stereocenters. The lowest BCUT2D eigenvalue weighted by Gasteiger charge is -2.32. The third-order valence-electron chi connectivity index (χ3n) is 3.99. The second-order valence-electron chi connectivity index (χ2n) is 5.64. The molecular weight excluding hydrogens is 300 g/mol. The summed E-state index contributed by atoms with van der Waals surface area (Å²) in [6, 6.07) is 0. The predicted molar refractivity (Wildman–Crippen MR) is 83.8 cm³/mol. The number of carbonyl (C=O) groups excluding carboxylic acids is 2. The maximum atomic E-state index is 11.6. The Bertz CT molecular complexity index is 675. The van der Waals surface area contributed by atoms with Crippen molar-refractivity contribution in [1.29, 1.82) is 0 Å². The van der Waals surface area contributed by atoms with Crippen LogP contribution in [0.1, 0.15) is 42.8 Å². The van der Waals surface area contributed by atoms with Crippen LogP contribution in [-0.4, -0.2) is 16.8 Å². The summed E-state index contributed by atoms with van der Waals surface area (Å²) >= 11 is 1.47. The molecule has 4 N–H and O–H groups in total. The minimum atomic E-state index is -1.02. The van der Waals surface area contributed by atoms with Gasteiger partial charge < -0.3 is 16.4 Å². The first-order valence-corrected chi connectivity index (χ1v) is 8.10. The maximum Gasteiger partial charge on any atom is 0.248 e. The van der Waals surface area contributed by atoms with Crippen molar-refractivity contribution in [3.05, 3.63) is 40.0 Å². The standard InChI is InChI=1S/C15H18N4O2S/c1-9(20)19-15(7-11(13(16)21)5-6-17-15)14-18-12(8-22-14)10-3-2-4-10/h5-8,10,17H,2-4H2,1H3,(H2,16,21)(H,19,20). The molecule has 1 saturated carbocycles. The van der Waals surface area contributed by atoms with Crippen LogP contribution < -0.4 is 16.4 Å². The molecule has 0 saturated heterocycles. The summed E-state index contributed by atoms with van der Waals surface area (Å²) in [6.07, 6.45) is 8.38. The number of amides is 2. The van der Waals surface area contributed by atoms with Crippen molar-refractivity contribution in [1.82, 2.24) is 15.6 Å². The van der Waals surface area contributed by atoms with Crippen LogP contribution >= 0.6 is 11.3 Å². The normalized spacial score (nSPS) is 24.1. The molecule has 1 aromatic rings. The average Bonchev–Trinajstić information content (AvgIpc) is 2.86. The Morgan fingerprint density at radius 2 is 2.27 bits per heavy atom. The second-order valence-corrected chi connectivity index (χ2v) is 6.49. The van der Waals surface area contributed by atoms with Gasteiger partial charge in [0.25, 0.3) is 0 Å². The molecule has 116 valence electrons. The quantitative estimate of drug-likeness (QED) is 0.778. The van der Waals surface area contributed by atoms with Gasteiger partial charge in [0.1, 0.15) is 5.01 Å². The Morgan fingerprint density at radius 1 is 1.50 bits per heavy atom. The van der Waals surface area contributed by atoms with E-state index in [9.17, 15) is 9.59 Å². The topological polar surface area (TPSA) is 97.1 Å². The number of nitrogens with two attached hydrogens (primary N) is 1. The number of carbonyl (C=O) groups is 2. The van der Waals surface area contributed by atoms with Crippen molar-refractivity contribution in [2.45, 2.75) is 37.8 Å². The van der Waals surface area contributed by atoms with Gasteiger partial charge in [-0.05, 0) is 31.2 Å². The smallest absolute Gasteiger partial charge is 0.248 e. The molecule has 1 fully saturated rings. The fraction of sp³-hybridized carbons (Fsp3) is 0.400. The first-order valence-electron chi connectivity index (χ1n) is 7.22. The molecule has 2 amide bonds. The van der Waals surface area contributed by atoms with Crippen molar-refractivity contribution in [3.63, 3.8) is 0 Å². The van der Waals surface area contributed by atoms with Crippen LogP contribution in [0.3, 0.4) is 0 Å². The number of nitrogens with one attached hydrogen (secondary N) is 2. The van der Waals surface area contributed by atoms with Crippen LogP contribution in [0.25, 0.3) is 0 Å². The predicted octanol–water partition coefficient (Wildman–Crippen LogP) is 1.23. The first-order chi connectivity index (χ1) is 10.5. The Balaban J connectivity index is 1.99. The van der Waals surface area contributed by atoms with E-state index in [4.69, 9.17) is 5.73 Å². The zero-order chi connectivity index (χ0) is 15.7. The van der Waals surface area contributed by atoms with Crippen molar-refractivity contribution in [2.24, 2.45) is 5.73 Å². The molecule has 2 heterocycles. The van der Waals surface area contributed by atoms with E-state index >= 15 is 0 Å². The Morgan fingerprint density at radius 3 is 2.86 bits per heavy atom. The molecule has 7 heteroatoms. The van der Waals surface area contributed by atoms with Gasteiger partial charge in [0.15, 0.2) is 5.66 Å². The van der Waals surface area contributed by atoms with Crippen molar-refractivity contribution >= 4 is 23.2 Å².